The maximum atomic E-state index is 12.1. The molecule has 0 heterocycles. The molecular formula is C19H20ClNO3S. The molecule has 4 nitrogen and oxygen atoms in total. The van der Waals surface area contributed by atoms with E-state index in [9.17, 15) is 14.7 Å². The second kappa shape index (κ2) is 9.49. The summed E-state index contributed by atoms with van der Waals surface area (Å²) < 4.78 is 0. The van der Waals surface area contributed by atoms with Crippen molar-refractivity contribution in [1.82, 2.24) is 0 Å². The topological polar surface area (TPSA) is 66.4 Å². The van der Waals surface area contributed by atoms with Gasteiger partial charge in [0.2, 0.25) is 5.91 Å². The Morgan fingerprint density at radius 2 is 1.92 bits per heavy atom. The van der Waals surface area contributed by atoms with Gasteiger partial charge in [-0.25, -0.2) is 0 Å². The minimum atomic E-state index is -0.892. The molecule has 0 aliphatic rings. The van der Waals surface area contributed by atoms with Gasteiger partial charge in [0.1, 0.15) is 5.25 Å². The van der Waals surface area contributed by atoms with Crippen LogP contribution in [0.15, 0.2) is 48.5 Å². The van der Waals surface area contributed by atoms with Crippen LogP contribution in [0.1, 0.15) is 17.5 Å². The number of thioether (sulfide) groups is 1. The standard InChI is InChI=1S/C19H20ClNO3S/c1-13-11-15(20)8-9-16(13)21-18(22)12-25-17(19(23)24)10-7-14-5-3-2-4-6-14/h2-6,8-9,11,17H,7,10,12H2,1H3,(H,21,22)(H,23,24). The molecule has 2 N–H and O–H groups in total. The van der Waals surface area contributed by atoms with Crippen LogP contribution in [0, 0.1) is 6.92 Å². The van der Waals surface area contributed by atoms with Crippen molar-refractivity contribution in [2.45, 2.75) is 25.0 Å². The number of carbonyl (C=O) groups excluding carboxylic acids is 1. The average Bonchev–Trinajstić information content (AvgIpc) is 2.58. The fraction of sp³-hybridized carbons (Fsp3) is 0.263. The molecule has 2 rings (SSSR count). The number of aryl methyl sites for hydroxylation is 2. The number of carboxylic acids is 1. The molecule has 0 aliphatic heterocycles. The Hall–Kier alpha value is -1.98. The third-order valence-electron chi connectivity index (χ3n) is 3.69. The van der Waals surface area contributed by atoms with E-state index >= 15 is 0 Å². The molecular weight excluding hydrogens is 358 g/mol. The molecule has 0 radical (unpaired) electrons. The predicted octanol–water partition coefficient (Wildman–Crippen LogP) is 4.41. The Balaban J connectivity index is 1.85. The summed E-state index contributed by atoms with van der Waals surface area (Å²) in [6.45, 7) is 1.86. The average molecular weight is 378 g/mol. The van der Waals surface area contributed by atoms with Crippen molar-refractivity contribution in [3.63, 3.8) is 0 Å². The lowest BCUT2D eigenvalue weighted by Crippen LogP contribution is -2.22. The van der Waals surface area contributed by atoms with Gasteiger partial charge in [-0.1, -0.05) is 41.9 Å². The van der Waals surface area contributed by atoms with Crippen molar-refractivity contribution < 1.29 is 14.7 Å². The van der Waals surface area contributed by atoms with Gasteiger partial charge in [-0.3, -0.25) is 9.59 Å². The molecule has 0 aliphatic carbocycles. The van der Waals surface area contributed by atoms with Crippen molar-refractivity contribution in [2.75, 3.05) is 11.1 Å². The molecule has 2 aromatic carbocycles. The highest BCUT2D eigenvalue weighted by molar-refractivity contribution is 8.01. The van der Waals surface area contributed by atoms with Crippen molar-refractivity contribution in [3.05, 3.63) is 64.7 Å². The van der Waals surface area contributed by atoms with Gasteiger partial charge in [0, 0.05) is 10.7 Å². The van der Waals surface area contributed by atoms with Crippen LogP contribution in [-0.4, -0.2) is 28.0 Å². The number of aliphatic carboxylic acids is 1. The van der Waals surface area contributed by atoms with E-state index in [1.807, 2.05) is 37.3 Å². The molecule has 25 heavy (non-hydrogen) atoms. The first-order valence-electron chi connectivity index (χ1n) is 7.90. The van der Waals surface area contributed by atoms with E-state index in [0.29, 0.717) is 23.6 Å². The van der Waals surface area contributed by atoms with Gasteiger partial charge in [0.25, 0.3) is 0 Å². The van der Waals surface area contributed by atoms with Crippen molar-refractivity contribution in [1.29, 1.82) is 0 Å². The number of halogens is 1. The lowest BCUT2D eigenvalue weighted by Gasteiger charge is -2.13. The zero-order valence-corrected chi connectivity index (χ0v) is 15.4. The summed E-state index contributed by atoms with van der Waals surface area (Å²) in [5, 5.41) is 12.1. The number of carboxylic acid groups (broad SMARTS) is 1. The minimum Gasteiger partial charge on any atom is -0.480 e. The molecule has 1 unspecified atom stereocenters. The summed E-state index contributed by atoms with van der Waals surface area (Å²) in [5.41, 5.74) is 2.64. The van der Waals surface area contributed by atoms with E-state index in [2.05, 4.69) is 5.32 Å². The summed E-state index contributed by atoms with van der Waals surface area (Å²) in [7, 11) is 0. The number of hydrogen-bond donors (Lipinski definition) is 2. The van der Waals surface area contributed by atoms with Gasteiger partial charge >= 0.3 is 5.97 Å². The van der Waals surface area contributed by atoms with E-state index in [4.69, 9.17) is 11.6 Å². The van der Waals surface area contributed by atoms with E-state index in [1.54, 1.807) is 18.2 Å². The highest BCUT2D eigenvalue weighted by atomic mass is 35.5. The number of carbonyl (C=O) groups is 2. The maximum absolute atomic E-state index is 12.1. The second-order valence-electron chi connectivity index (χ2n) is 5.67. The van der Waals surface area contributed by atoms with E-state index in [1.165, 1.54) is 0 Å². The normalized spacial score (nSPS) is 11.8. The number of anilines is 1. The monoisotopic (exact) mass is 377 g/mol. The summed E-state index contributed by atoms with van der Waals surface area (Å²) >= 11 is 7.04. The van der Waals surface area contributed by atoms with Crippen LogP contribution < -0.4 is 5.32 Å². The quantitative estimate of drug-likeness (QED) is 0.715. The molecule has 0 bridgehead atoms. The third kappa shape index (κ3) is 6.44. The molecule has 0 fully saturated rings. The molecule has 0 aromatic heterocycles. The van der Waals surface area contributed by atoms with Crippen molar-refractivity contribution >= 4 is 40.9 Å². The van der Waals surface area contributed by atoms with Crippen molar-refractivity contribution in [3.8, 4) is 0 Å². The summed E-state index contributed by atoms with van der Waals surface area (Å²) in [5.74, 6) is -1.02. The second-order valence-corrected chi connectivity index (χ2v) is 7.30. The molecule has 1 atom stereocenters. The van der Waals surface area contributed by atoms with E-state index in [-0.39, 0.29) is 11.7 Å². The molecule has 0 saturated carbocycles. The Morgan fingerprint density at radius 1 is 1.20 bits per heavy atom. The van der Waals surface area contributed by atoms with E-state index in [0.717, 1.165) is 22.9 Å². The van der Waals surface area contributed by atoms with Gasteiger partial charge in [0.15, 0.2) is 0 Å². The van der Waals surface area contributed by atoms with Crippen LogP contribution in [0.5, 0.6) is 0 Å². The molecule has 6 heteroatoms. The van der Waals surface area contributed by atoms with Gasteiger partial charge in [-0.15, -0.1) is 11.8 Å². The first-order chi connectivity index (χ1) is 12.0. The lowest BCUT2D eigenvalue weighted by molar-refractivity contribution is -0.136. The van der Waals surface area contributed by atoms with E-state index < -0.39 is 11.2 Å². The molecule has 132 valence electrons. The zero-order chi connectivity index (χ0) is 18.2. The highest BCUT2D eigenvalue weighted by Gasteiger charge is 2.19. The number of benzene rings is 2. The van der Waals surface area contributed by atoms with Crippen LogP contribution in [0.3, 0.4) is 0 Å². The van der Waals surface area contributed by atoms with Gasteiger partial charge in [-0.2, -0.15) is 0 Å². The fourth-order valence-electron chi connectivity index (χ4n) is 2.35. The number of amides is 1. The first-order valence-corrected chi connectivity index (χ1v) is 9.32. The van der Waals surface area contributed by atoms with Crippen LogP contribution >= 0.6 is 23.4 Å². The van der Waals surface area contributed by atoms with Crippen LogP contribution in [0.2, 0.25) is 5.02 Å². The largest absolute Gasteiger partial charge is 0.480 e. The lowest BCUT2D eigenvalue weighted by atomic mass is 10.1. The molecule has 2 aromatic rings. The Morgan fingerprint density at radius 3 is 2.56 bits per heavy atom. The maximum Gasteiger partial charge on any atom is 0.316 e. The first kappa shape index (κ1) is 19.3. The van der Waals surface area contributed by atoms with Crippen molar-refractivity contribution in [2.24, 2.45) is 0 Å². The fourth-order valence-corrected chi connectivity index (χ4v) is 3.43. The molecule has 0 spiro atoms. The van der Waals surface area contributed by atoms with Crippen LogP contribution in [0.4, 0.5) is 5.69 Å². The Labute approximate surface area is 156 Å². The summed E-state index contributed by atoms with van der Waals surface area (Å²) in [6.07, 6.45) is 1.15. The van der Waals surface area contributed by atoms with Crippen LogP contribution in [-0.2, 0) is 16.0 Å². The third-order valence-corrected chi connectivity index (χ3v) is 5.20. The number of rotatable bonds is 8. The zero-order valence-electron chi connectivity index (χ0n) is 13.9. The Bertz CT molecular complexity index is 737. The summed E-state index contributed by atoms with van der Waals surface area (Å²) in [6, 6.07) is 14.9. The summed E-state index contributed by atoms with van der Waals surface area (Å²) in [4.78, 5) is 23.5. The predicted molar refractivity (Wildman–Crippen MR) is 103 cm³/mol. The highest BCUT2D eigenvalue weighted by Crippen LogP contribution is 2.21. The SMILES string of the molecule is Cc1cc(Cl)ccc1NC(=O)CSC(CCc1ccccc1)C(=O)O. The smallest absolute Gasteiger partial charge is 0.316 e. The van der Waals surface area contributed by atoms with Crippen LogP contribution in [0.25, 0.3) is 0 Å². The number of hydrogen-bond acceptors (Lipinski definition) is 3. The molecule has 1 amide bonds. The minimum absolute atomic E-state index is 0.0911. The van der Waals surface area contributed by atoms with Gasteiger partial charge in [0.05, 0.1) is 5.75 Å². The number of nitrogens with one attached hydrogen (secondary N) is 1. The Kier molecular flexibility index (Phi) is 7.34. The van der Waals surface area contributed by atoms with Gasteiger partial charge < -0.3 is 10.4 Å². The van der Waals surface area contributed by atoms with Gasteiger partial charge in [-0.05, 0) is 49.1 Å². The molecule has 0 saturated heterocycles.